The lowest BCUT2D eigenvalue weighted by Gasteiger charge is -2.34. The van der Waals surface area contributed by atoms with Gasteiger partial charge in [0.2, 0.25) is 0 Å². The van der Waals surface area contributed by atoms with Gasteiger partial charge in [0.25, 0.3) is 0 Å². The molecule has 1 saturated heterocycles. The van der Waals surface area contributed by atoms with Gasteiger partial charge in [-0.05, 0) is 31.9 Å². The van der Waals surface area contributed by atoms with Crippen LogP contribution >= 0.6 is 11.6 Å². The minimum atomic E-state index is 0.289. The summed E-state index contributed by atoms with van der Waals surface area (Å²) in [6.45, 7) is 5.67. The van der Waals surface area contributed by atoms with E-state index in [4.69, 9.17) is 16.3 Å². The molecule has 2 aliphatic rings. The molecule has 0 radical (unpaired) electrons. The predicted molar refractivity (Wildman–Crippen MR) is 78.9 cm³/mol. The highest BCUT2D eigenvalue weighted by Gasteiger charge is 2.23. The topological polar surface area (TPSA) is 24.5 Å². The summed E-state index contributed by atoms with van der Waals surface area (Å²) in [6, 6.07) is 6.90. The number of anilines is 1. The second kappa shape index (κ2) is 5.70. The monoisotopic (exact) mass is 280 g/mol. The molecular formula is C15H21ClN2O. The van der Waals surface area contributed by atoms with Crippen LogP contribution in [-0.2, 0) is 11.3 Å². The SMILES string of the molecule is CC1CN(c2cccc(Cl)c2CNC2CC2)CCO1. The summed E-state index contributed by atoms with van der Waals surface area (Å²) in [5, 5.41) is 4.43. The Labute approximate surface area is 119 Å². The van der Waals surface area contributed by atoms with E-state index in [0.29, 0.717) is 6.04 Å². The molecule has 1 aromatic rings. The van der Waals surface area contributed by atoms with E-state index in [9.17, 15) is 0 Å². The van der Waals surface area contributed by atoms with Gasteiger partial charge in [0.1, 0.15) is 0 Å². The molecule has 1 heterocycles. The van der Waals surface area contributed by atoms with Crippen LogP contribution in [0.1, 0.15) is 25.3 Å². The quantitative estimate of drug-likeness (QED) is 0.918. The summed E-state index contributed by atoms with van der Waals surface area (Å²) in [5.41, 5.74) is 2.49. The van der Waals surface area contributed by atoms with Gasteiger partial charge in [0.05, 0.1) is 12.7 Å². The summed E-state index contributed by atoms with van der Waals surface area (Å²) < 4.78 is 5.62. The van der Waals surface area contributed by atoms with Gasteiger partial charge in [-0.25, -0.2) is 0 Å². The molecule has 1 N–H and O–H groups in total. The van der Waals surface area contributed by atoms with Crippen molar-refractivity contribution in [2.75, 3.05) is 24.6 Å². The molecule has 0 bridgehead atoms. The Hall–Kier alpha value is -0.770. The molecule has 1 unspecified atom stereocenters. The molecular weight excluding hydrogens is 260 g/mol. The molecule has 19 heavy (non-hydrogen) atoms. The van der Waals surface area contributed by atoms with Gasteiger partial charge >= 0.3 is 0 Å². The highest BCUT2D eigenvalue weighted by atomic mass is 35.5. The summed E-state index contributed by atoms with van der Waals surface area (Å²) in [4.78, 5) is 2.39. The molecule has 0 aromatic heterocycles. The van der Waals surface area contributed by atoms with E-state index in [1.807, 2.05) is 12.1 Å². The van der Waals surface area contributed by atoms with E-state index in [-0.39, 0.29) is 6.10 Å². The van der Waals surface area contributed by atoms with Gasteiger partial charge in [-0.2, -0.15) is 0 Å². The number of benzene rings is 1. The van der Waals surface area contributed by atoms with E-state index >= 15 is 0 Å². The number of halogens is 1. The largest absolute Gasteiger partial charge is 0.375 e. The fraction of sp³-hybridized carbons (Fsp3) is 0.600. The van der Waals surface area contributed by atoms with Gasteiger partial charge in [-0.1, -0.05) is 17.7 Å². The Morgan fingerprint density at radius 1 is 1.42 bits per heavy atom. The van der Waals surface area contributed by atoms with E-state index in [0.717, 1.165) is 31.3 Å². The van der Waals surface area contributed by atoms with Crippen molar-refractivity contribution < 1.29 is 4.74 Å². The van der Waals surface area contributed by atoms with Crippen molar-refractivity contribution in [3.63, 3.8) is 0 Å². The number of rotatable bonds is 4. The zero-order valence-corrected chi connectivity index (χ0v) is 12.1. The van der Waals surface area contributed by atoms with E-state index < -0.39 is 0 Å². The smallest absolute Gasteiger partial charge is 0.0722 e. The summed E-state index contributed by atoms with van der Waals surface area (Å²) >= 11 is 6.39. The van der Waals surface area contributed by atoms with Crippen molar-refractivity contribution in [2.45, 2.75) is 38.5 Å². The minimum Gasteiger partial charge on any atom is -0.375 e. The first kappa shape index (κ1) is 13.2. The van der Waals surface area contributed by atoms with Crippen LogP contribution in [0.4, 0.5) is 5.69 Å². The van der Waals surface area contributed by atoms with Gasteiger partial charge in [-0.3, -0.25) is 0 Å². The van der Waals surface area contributed by atoms with Crippen molar-refractivity contribution in [3.8, 4) is 0 Å². The lowest BCUT2D eigenvalue weighted by Crippen LogP contribution is -2.41. The number of hydrogen-bond acceptors (Lipinski definition) is 3. The van der Waals surface area contributed by atoms with Crippen molar-refractivity contribution in [1.29, 1.82) is 0 Å². The lowest BCUT2D eigenvalue weighted by molar-refractivity contribution is 0.0531. The first-order chi connectivity index (χ1) is 9.24. The average molecular weight is 281 g/mol. The first-order valence-electron chi connectivity index (χ1n) is 7.11. The zero-order chi connectivity index (χ0) is 13.2. The average Bonchev–Trinajstić information content (AvgIpc) is 3.21. The van der Waals surface area contributed by atoms with Crippen molar-refractivity contribution in [3.05, 3.63) is 28.8 Å². The number of morpholine rings is 1. The molecule has 1 aromatic carbocycles. The minimum absolute atomic E-state index is 0.289. The van der Waals surface area contributed by atoms with Crippen LogP contribution in [0, 0.1) is 0 Å². The van der Waals surface area contributed by atoms with Crippen LogP contribution in [0.25, 0.3) is 0 Å². The molecule has 3 rings (SSSR count). The van der Waals surface area contributed by atoms with Crippen LogP contribution in [0.5, 0.6) is 0 Å². The third-order valence-electron chi connectivity index (χ3n) is 3.82. The third-order valence-corrected chi connectivity index (χ3v) is 4.17. The van der Waals surface area contributed by atoms with E-state index in [1.54, 1.807) is 0 Å². The Morgan fingerprint density at radius 2 is 2.26 bits per heavy atom. The van der Waals surface area contributed by atoms with E-state index in [2.05, 4.69) is 23.2 Å². The Bertz CT molecular complexity index is 448. The fourth-order valence-electron chi connectivity index (χ4n) is 2.59. The molecule has 1 aliphatic heterocycles. The molecule has 1 aliphatic carbocycles. The van der Waals surface area contributed by atoms with Crippen LogP contribution < -0.4 is 10.2 Å². The molecule has 0 spiro atoms. The number of nitrogens with zero attached hydrogens (tertiary/aromatic N) is 1. The standard InChI is InChI=1S/C15H21ClN2O/c1-11-10-18(7-8-19-11)15-4-2-3-14(16)13(15)9-17-12-5-6-12/h2-4,11-12,17H,5-10H2,1H3. The molecule has 1 atom stereocenters. The highest BCUT2D eigenvalue weighted by Crippen LogP contribution is 2.30. The maximum absolute atomic E-state index is 6.39. The molecule has 1 saturated carbocycles. The molecule has 3 nitrogen and oxygen atoms in total. The number of ether oxygens (including phenoxy) is 1. The first-order valence-corrected chi connectivity index (χ1v) is 7.49. The Balaban J connectivity index is 1.79. The van der Waals surface area contributed by atoms with Crippen LogP contribution in [0.2, 0.25) is 5.02 Å². The predicted octanol–water partition coefficient (Wildman–Crippen LogP) is 2.82. The Morgan fingerprint density at radius 3 is 3.00 bits per heavy atom. The van der Waals surface area contributed by atoms with Crippen molar-refractivity contribution in [2.24, 2.45) is 0 Å². The normalized spacial score (nSPS) is 23.7. The summed E-state index contributed by atoms with van der Waals surface area (Å²) in [6.07, 6.45) is 2.89. The second-order valence-corrected chi connectivity index (χ2v) is 5.93. The maximum atomic E-state index is 6.39. The molecule has 2 fully saturated rings. The van der Waals surface area contributed by atoms with Crippen LogP contribution in [0.15, 0.2) is 18.2 Å². The van der Waals surface area contributed by atoms with Crippen molar-refractivity contribution in [1.82, 2.24) is 5.32 Å². The zero-order valence-electron chi connectivity index (χ0n) is 11.4. The Kier molecular flexibility index (Phi) is 3.96. The second-order valence-electron chi connectivity index (χ2n) is 5.52. The molecule has 0 amide bonds. The fourth-order valence-corrected chi connectivity index (χ4v) is 2.83. The van der Waals surface area contributed by atoms with Gasteiger partial charge in [0, 0.05) is 41.9 Å². The van der Waals surface area contributed by atoms with Crippen LogP contribution in [-0.4, -0.2) is 31.8 Å². The molecule has 4 heteroatoms. The summed E-state index contributed by atoms with van der Waals surface area (Å²) in [5.74, 6) is 0. The van der Waals surface area contributed by atoms with Gasteiger partial charge < -0.3 is 15.0 Å². The van der Waals surface area contributed by atoms with E-state index in [1.165, 1.54) is 24.1 Å². The third kappa shape index (κ3) is 3.22. The van der Waals surface area contributed by atoms with Gasteiger partial charge in [0.15, 0.2) is 0 Å². The molecule has 104 valence electrons. The highest BCUT2D eigenvalue weighted by molar-refractivity contribution is 6.31. The maximum Gasteiger partial charge on any atom is 0.0722 e. The lowest BCUT2D eigenvalue weighted by atomic mass is 10.1. The van der Waals surface area contributed by atoms with Crippen molar-refractivity contribution >= 4 is 17.3 Å². The number of hydrogen-bond donors (Lipinski definition) is 1. The number of nitrogens with one attached hydrogen (secondary N) is 1. The van der Waals surface area contributed by atoms with Gasteiger partial charge in [-0.15, -0.1) is 0 Å². The van der Waals surface area contributed by atoms with Crippen LogP contribution in [0.3, 0.4) is 0 Å². The summed E-state index contributed by atoms with van der Waals surface area (Å²) in [7, 11) is 0.